The summed E-state index contributed by atoms with van der Waals surface area (Å²) in [4.78, 5) is 2.14. The van der Waals surface area contributed by atoms with Gasteiger partial charge in [0, 0.05) is 30.4 Å². The third-order valence-electron chi connectivity index (χ3n) is 2.95. The molecule has 0 aliphatic carbocycles. The Bertz CT molecular complexity index is 436. The third-order valence-corrected chi connectivity index (χ3v) is 3.41. The van der Waals surface area contributed by atoms with Gasteiger partial charge in [0.15, 0.2) is 0 Å². The first-order chi connectivity index (χ1) is 8.19. The highest BCUT2D eigenvalue weighted by Gasteiger charge is 2.17. The fourth-order valence-electron chi connectivity index (χ4n) is 2.06. The minimum Gasteiger partial charge on any atom is -0.376 e. The highest BCUT2D eigenvalue weighted by molar-refractivity contribution is 9.10. The normalized spacial score (nSPS) is 19.0. The number of nitrogens with zero attached hydrogens (tertiary/aromatic N) is 2. The average molecular weight is 295 g/mol. The number of likely N-dealkylation sites (N-methyl/N-ethyl adjacent to an activating group) is 1. The van der Waals surface area contributed by atoms with Crippen molar-refractivity contribution in [2.45, 2.75) is 18.9 Å². The Hall–Kier alpha value is -1.05. The van der Waals surface area contributed by atoms with Crippen molar-refractivity contribution in [2.75, 3.05) is 25.1 Å². The van der Waals surface area contributed by atoms with Gasteiger partial charge in [-0.05, 0) is 31.0 Å². The summed E-state index contributed by atoms with van der Waals surface area (Å²) in [6.07, 6.45) is 2.61. The molecular weight excluding hydrogens is 280 g/mol. The summed E-state index contributed by atoms with van der Waals surface area (Å²) in [6, 6.07) is 7.92. The lowest BCUT2D eigenvalue weighted by Crippen LogP contribution is -2.28. The molecule has 0 bridgehead atoms. The average Bonchev–Trinajstić information content (AvgIpc) is 2.81. The first kappa shape index (κ1) is 12.4. The van der Waals surface area contributed by atoms with E-state index in [4.69, 9.17) is 10.00 Å². The molecule has 0 saturated carbocycles. The van der Waals surface area contributed by atoms with Gasteiger partial charge in [-0.15, -0.1) is 0 Å². The van der Waals surface area contributed by atoms with Gasteiger partial charge < -0.3 is 9.64 Å². The monoisotopic (exact) mass is 294 g/mol. The van der Waals surface area contributed by atoms with Gasteiger partial charge in [-0.1, -0.05) is 15.9 Å². The van der Waals surface area contributed by atoms with Gasteiger partial charge in [0.25, 0.3) is 0 Å². The summed E-state index contributed by atoms with van der Waals surface area (Å²) in [5.41, 5.74) is 1.72. The van der Waals surface area contributed by atoms with Crippen LogP contribution in [0.5, 0.6) is 0 Å². The minimum absolute atomic E-state index is 0.324. The molecule has 90 valence electrons. The van der Waals surface area contributed by atoms with E-state index in [1.54, 1.807) is 0 Å². The molecule has 3 nitrogen and oxygen atoms in total. The van der Waals surface area contributed by atoms with Gasteiger partial charge in [-0.2, -0.15) is 5.26 Å². The fraction of sp³-hybridized carbons (Fsp3) is 0.462. The Labute approximate surface area is 110 Å². The van der Waals surface area contributed by atoms with Crippen molar-refractivity contribution in [2.24, 2.45) is 0 Å². The molecule has 0 radical (unpaired) electrons. The molecule has 1 heterocycles. The van der Waals surface area contributed by atoms with Crippen molar-refractivity contribution >= 4 is 21.6 Å². The van der Waals surface area contributed by atoms with Gasteiger partial charge in [-0.25, -0.2) is 0 Å². The van der Waals surface area contributed by atoms with Crippen molar-refractivity contribution in [1.82, 2.24) is 0 Å². The fourth-order valence-corrected chi connectivity index (χ4v) is 2.54. The summed E-state index contributed by atoms with van der Waals surface area (Å²) < 4.78 is 6.55. The van der Waals surface area contributed by atoms with Crippen molar-refractivity contribution in [1.29, 1.82) is 5.26 Å². The van der Waals surface area contributed by atoms with Crippen molar-refractivity contribution in [3.63, 3.8) is 0 Å². The molecule has 17 heavy (non-hydrogen) atoms. The van der Waals surface area contributed by atoms with Crippen LogP contribution in [0.4, 0.5) is 5.69 Å². The van der Waals surface area contributed by atoms with E-state index in [1.165, 1.54) is 0 Å². The van der Waals surface area contributed by atoms with E-state index in [2.05, 4.69) is 26.9 Å². The van der Waals surface area contributed by atoms with E-state index in [0.29, 0.717) is 11.7 Å². The molecule has 0 amide bonds. The summed E-state index contributed by atoms with van der Waals surface area (Å²) >= 11 is 3.43. The summed E-state index contributed by atoms with van der Waals surface area (Å²) in [5, 5.41) is 8.94. The molecule has 2 rings (SSSR count). The molecule has 0 N–H and O–H groups in total. The van der Waals surface area contributed by atoms with Crippen LogP contribution >= 0.6 is 15.9 Å². The number of hydrogen-bond acceptors (Lipinski definition) is 3. The molecule has 1 aromatic rings. The second-order valence-corrected chi connectivity index (χ2v) is 5.24. The minimum atomic E-state index is 0.324. The Balaban J connectivity index is 2.10. The van der Waals surface area contributed by atoms with Gasteiger partial charge in [-0.3, -0.25) is 0 Å². The number of nitriles is 1. The molecular formula is C13H15BrN2O. The second kappa shape index (κ2) is 5.52. The number of benzene rings is 1. The van der Waals surface area contributed by atoms with E-state index in [9.17, 15) is 0 Å². The zero-order valence-electron chi connectivity index (χ0n) is 9.82. The first-order valence-corrected chi connectivity index (χ1v) is 6.52. The van der Waals surface area contributed by atoms with Crippen LogP contribution in [0.3, 0.4) is 0 Å². The number of anilines is 1. The smallest absolute Gasteiger partial charge is 0.0992 e. The largest absolute Gasteiger partial charge is 0.376 e. The lowest BCUT2D eigenvalue weighted by Gasteiger charge is -2.23. The molecule has 0 spiro atoms. The highest BCUT2D eigenvalue weighted by Crippen LogP contribution is 2.23. The summed E-state index contributed by atoms with van der Waals surface area (Å²) in [7, 11) is 2.03. The van der Waals surface area contributed by atoms with Crippen LogP contribution < -0.4 is 4.90 Å². The zero-order valence-corrected chi connectivity index (χ0v) is 11.4. The summed E-state index contributed by atoms with van der Waals surface area (Å²) in [6.45, 7) is 1.75. The van der Waals surface area contributed by atoms with E-state index in [-0.39, 0.29) is 0 Å². The maximum atomic E-state index is 8.94. The molecule has 4 heteroatoms. The number of rotatable bonds is 3. The molecule has 1 unspecified atom stereocenters. The molecule has 1 saturated heterocycles. The van der Waals surface area contributed by atoms with Crippen molar-refractivity contribution in [3.8, 4) is 6.07 Å². The number of hydrogen-bond donors (Lipinski definition) is 0. The van der Waals surface area contributed by atoms with Crippen molar-refractivity contribution in [3.05, 3.63) is 28.2 Å². The Morgan fingerprint density at radius 2 is 2.35 bits per heavy atom. The Morgan fingerprint density at radius 3 is 3.00 bits per heavy atom. The maximum Gasteiger partial charge on any atom is 0.0992 e. The third kappa shape index (κ3) is 3.21. The highest BCUT2D eigenvalue weighted by atomic mass is 79.9. The molecule has 1 fully saturated rings. The lowest BCUT2D eigenvalue weighted by atomic mass is 10.2. The van der Waals surface area contributed by atoms with Crippen LogP contribution in [-0.4, -0.2) is 26.3 Å². The lowest BCUT2D eigenvalue weighted by molar-refractivity contribution is 0.116. The standard InChI is InChI=1S/C13H15BrN2O/c1-16(9-13-3-2-4-17-13)12-6-10(8-15)5-11(14)7-12/h5-7,13H,2-4,9H2,1H3. The Kier molecular flexibility index (Phi) is 4.03. The van der Waals surface area contributed by atoms with Crippen molar-refractivity contribution < 1.29 is 4.74 Å². The van der Waals surface area contributed by atoms with E-state index < -0.39 is 0 Å². The van der Waals surface area contributed by atoms with Crippen LogP contribution in [0.25, 0.3) is 0 Å². The topological polar surface area (TPSA) is 36.3 Å². The zero-order chi connectivity index (χ0) is 12.3. The molecule has 1 atom stereocenters. The van der Waals surface area contributed by atoms with E-state index in [1.807, 2.05) is 25.2 Å². The van der Waals surface area contributed by atoms with Gasteiger partial charge >= 0.3 is 0 Å². The second-order valence-electron chi connectivity index (χ2n) is 4.33. The predicted molar refractivity (Wildman–Crippen MR) is 71.1 cm³/mol. The predicted octanol–water partition coefficient (Wildman–Crippen LogP) is 2.94. The Morgan fingerprint density at radius 1 is 1.53 bits per heavy atom. The molecule has 0 aromatic heterocycles. The number of ether oxygens (including phenoxy) is 1. The SMILES string of the molecule is CN(CC1CCCO1)c1cc(Br)cc(C#N)c1. The molecule has 1 aromatic carbocycles. The maximum absolute atomic E-state index is 8.94. The quantitative estimate of drug-likeness (QED) is 0.860. The van der Waals surface area contributed by atoms with Gasteiger partial charge in [0.1, 0.15) is 0 Å². The van der Waals surface area contributed by atoms with Crippen LogP contribution in [0.2, 0.25) is 0 Å². The van der Waals surface area contributed by atoms with Crippen LogP contribution in [-0.2, 0) is 4.74 Å². The first-order valence-electron chi connectivity index (χ1n) is 5.72. The van der Waals surface area contributed by atoms with E-state index in [0.717, 1.165) is 36.2 Å². The van der Waals surface area contributed by atoms with Crippen LogP contribution in [0.15, 0.2) is 22.7 Å². The van der Waals surface area contributed by atoms with Gasteiger partial charge in [0.05, 0.1) is 17.7 Å². The number of halogens is 1. The van der Waals surface area contributed by atoms with E-state index >= 15 is 0 Å². The summed E-state index contributed by atoms with van der Waals surface area (Å²) in [5.74, 6) is 0. The molecule has 1 aliphatic heterocycles. The van der Waals surface area contributed by atoms with Crippen LogP contribution in [0.1, 0.15) is 18.4 Å². The van der Waals surface area contributed by atoms with Crippen LogP contribution in [0, 0.1) is 11.3 Å². The molecule has 1 aliphatic rings. The van der Waals surface area contributed by atoms with Gasteiger partial charge in [0.2, 0.25) is 0 Å².